The third-order valence-corrected chi connectivity index (χ3v) is 4.60. The molecule has 0 aliphatic carbocycles. The quantitative estimate of drug-likeness (QED) is 0.662. The summed E-state index contributed by atoms with van der Waals surface area (Å²) in [6.45, 7) is 0.627. The van der Waals surface area contributed by atoms with Crippen LogP contribution in [0.5, 0.6) is 5.75 Å². The van der Waals surface area contributed by atoms with Crippen LogP contribution in [0.3, 0.4) is 0 Å². The van der Waals surface area contributed by atoms with E-state index in [-0.39, 0.29) is 18.2 Å². The number of carbonyl (C=O) groups is 1. The van der Waals surface area contributed by atoms with Crippen molar-refractivity contribution in [1.82, 2.24) is 4.57 Å². The molecule has 26 heavy (non-hydrogen) atoms. The summed E-state index contributed by atoms with van der Waals surface area (Å²) >= 11 is 1.22. The van der Waals surface area contributed by atoms with Gasteiger partial charge in [0.25, 0.3) is 5.91 Å². The molecule has 0 fully saturated rings. The Morgan fingerprint density at radius 1 is 1.15 bits per heavy atom. The Kier molecular flexibility index (Phi) is 5.75. The van der Waals surface area contributed by atoms with Crippen molar-refractivity contribution in [2.75, 3.05) is 20.3 Å². The minimum absolute atomic E-state index is 0.279. The molecule has 8 heteroatoms. The van der Waals surface area contributed by atoms with Gasteiger partial charge in [-0.05, 0) is 42.5 Å². The molecular formula is C18H16F2N2O3S. The maximum absolute atomic E-state index is 13.5. The molecule has 136 valence electrons. The lowest BCUT2D eigenvalue weighted by Crippen LogP contribution is -2.21. The monoisotopic (exact) mass is 378 g/mol. The average Bonchev–Trinajstić information content (AvgIpc) is 2.95. The molecule has 0 saturated heterocycles. The first-order valence-electron chi connectivity index (χ1n) is 7.80. The number of carbonyl (C=O) groups excluding carboxylic acids is 1. The number of hydrogen-bond donors (Lipinski definition) is 0. The maximum Gasteiger partial charge on any atom is 0.286 e. The summed E-state index contributed by atoms with van der Waals surface area (Å²) < 4.78 is 39.2. The first-order chi connectivity index (χ1) is 12.6. The lowest BCUT2D eigenvalue weighted by molar-refractivity contribution is -0.120. The summed E-state index contributed by atoms with van der Waals surface area (Å²) in [4.78, 5) is 16.7. The van der Waals surface area contributed by atoms with Gasteiger partial charge in [-0.2, -0.15) is 4.99 Å². The van der Waals surface area contributed by atoms with Gasteiger partial charge in [0.05, 0.1) is 16.8 Å². The number of benzene rings is 2. The van der Waals surface area contributed by atoms with E-state index in [0.717, 1.165) is 5.52 Å². The Morgan fingerprint density at radius 2 is 1.88 bits per heavy atom. The third kappa shape index (κ3) is 4.33. The van der Waals surface area contributed by atoms with Crippen molar-refractivity contribution >= 4 is 27.5 Å². The van der Waals surface area contributed by atoms with E-state index in [0.29, 0.717) is 28.4 Å². The van der Waals surface area contributed by atoms with Crippen LogP contribution >= 0.6 is 11.3 Å². The van der Waals surface area contributed by atoms with Crippen molar-refractivity contribution in [3.05, 3.63) is 58.9 Å². The Morgan fingerprint density at radius 3 is 2.62 bits per heavy atom. The lowest BCUT2D eigenvalue weighted by Gasteiger charge is -2.05. The highest BCUT2D eigenvalue weighted by Gasteiger charge is 2.09. The van der Waals surface area contributed by atoms with Crippen molar-refractivity contribution in [2.24, 2.45) is 4.99 Å². The molecule has 1 heterocycles. The standard InChI is InChI=1S/C18H16F2N2O3S/c1-24-9-8-22-15-7-4-13(20)10-16(15)26-18(22)21-17(23)11-25-14-5-2-12(19)3-6-14/h2-7,10H,8-9,11H2,1H3. The van der Waals surface area contributed by atoms with Gasteiger partial charge < -0.3 is 14.0 Å². The number of thiazole rings is 1. The van der Waals surface area contributed by atoms with Gasteiger partial charge in [0.1, 0.15) is 17.4 Å². The molecule has 0 spiro atoms. The molecule has 0 aliphatic heterocycles. The van der Waals surface area contributed by atoms with Crippen LogP contribution in [0.25, 0.3) is 10.2 Å². The molecule has 1 amide bonds. The molecule has 0 unspecified atom stereocenters. The predicted molar refractivity (Wildman–Crippen MR) is 94.1 cm³/mol. The smallest absolute Gasteiger partial charge is 0.286 e. The third-order valence-electron chi connectivity index (χ3n) is 3.56. The van der Waals surface area contributed by atoms with E-state index in [4.69, 9.17) is 9.47 Å². The molecule has 0 saturated carbocycles. The molecule has 5 nitrogen and oxygen atoms in total. The summed E-state index contributed by atoms with van der Waals surface area (Å²) in [7, 11) is 1.58. The number of methoxy groups -OCH3 is 1. The zero-order valence-corrected chi connectivity index (χ0v) is 14.8. The van der Waals surface area contributed by atoms with Crippen molar-refractivity contribution in [3.63, 3.8) is 0 Å². The van der Waals surface area contributed by atoms with Crippen molar-refractivity contribution in [3.8, 4) is 5.75 Å². The van der Waals surface area contributed by atoms with Gasteiger partial charge in [-0.1, -0.05) is 11.3 Å². The Labute approximate surface area is 152 Å². The van der Waals surface area contributed by atoms with Gasteiger partial charge in [-0.15, -0.1) is 0 Å². The van der Waals surface area contributed by atoms with Crippen molar-refractivity contribution in [1.29, 1.82) is 0 Å². The van der Waals surface area contributed by atoms with Gasteiger partial charge in [0.15, 0.2) is 11.4 Å². The van der Waals surface area contributed by atoms with Gasteiger partial charge in [0.2, 0.25) is 0 Å². The molecule has 1 aromatic heterocycles. The molecule has 0 N–H and O–H groups in total. The number of ether oxygens (including phenoxy) is 2. The predicted octanol–water partition coefficient (Wildman–Crippen LogP) is 3.13. The number of rotatable bonds is 6. The summed E-state index contributed by atoms with van der Waals surface area (Å²) in [6, 6.07) is 9.78. The number of hydrogen-bond acceptors (Lipinski definition) is 4. The highest BCUT2D eigenvalue weighted by atomic mass is 32.1. The summed E-state index contributed by atoms with van der Waals surface area (Å²) in [6.07, 6.45) is 0. The van der Waals surface area contributed by atoms with E-state index in [1.165, 1.54) is 47.7 Å². The average molecular weight is 378 g/mol. The van der Waals surface area contributed by atoms with Gasteiger partial charge in [0, 0.05) is 13.7 Å². The SMILES string of the molecule is COCCn1c(=NC(=O)COc2ccc(F)cc2)sc2cc(F)ccc21. The number of fused-ring (bicyclic) bond motifs is 1. The highest BCUT2D eigenvalue weighted by molar-refractivity contribution is 7.16. The Hall–Kier alpha value is -2.58. The largest absolute Gasteiger partial charge is 0.484 e. The molecule has 0 radical (unpaired) electrons. The van der Waals surface area contributed by atoms with Crippen LogP contribution in [0.15, 0.2) is 47.5 Å². The number of aromatic nitrogens is 1. The van der Waals surface area contributed by atoms with Crippen LogP contribution in [0.4, 0.5) is 8.78 Å². The second kappa shape index (κ2) is 8.20. The lowest BCUT2D eigenvalue weighted by atomic mass is 10.3. The normalized spacial score (nSPS) is 11.9. The molecule has 0 bridgehead atoms. The minimum atomic E-state index is -0.493. The van der Waals surface area contributed by atoms with Crippen LogP contribution in [-0.4, -0.2) is 30.8 Å². The van der Waals surface area contributed by atoms with E-state index in [2.05, 4.69) is 4.99 Å². The molecule has 3 aromatic rings. The summed E-state index contributed by atoms with van der Waals surface area (Å²) in [5.41, 5.74) is 0.777. The molecule has 3 rings (SSSR count). The van der Waals surface area contributed by atoms with E-state index in [9.17, 15) is 13.6 Å². The van der Waals surface area contributed by atoms with Crippen LogP contribution in [0.1, 0.15) is 0 Å². The first-order valence-corrected chi connectivity index (χ1v) is 8.62. The zero-order chi connectivity index (χ0) is 18.5. The molecule has 0 atom stereocenters. The number of amides is 1. The van der Waals surface area contributed by atoms with E-state index in [1.807, 2.05) is 0 Å². The first kappa shape index (κ1) is 18.2. The Balaban J connectivity index is 1.84. The highest BCUT2D eigenvalue weighted by Crippen LogP contribution is 2.18. The Bertz CT molecular complexity index is 980. The molecule has 2 aromatic carbocycles. The van der Waals surface area contributed by atoms with Gasteiger partial charge in [-0.3, -0.25) is 4.79 Å². The van der Waals surface area contributed by atoms with E-state index in [1.54, 1.807) is 17.7 Å². The molecular weight excluding hydrogens is 362 g/mol. The van der Waals surface area contributed by atoms with E-state index >= 15 is 0 Å². The minimum Gasteiger partial charge on any atom is -0.484 e. The van der Waals surface area contributed by atoms with Crippen LogP contribution in [0, 0.1) is 11.6 Å². The number of nitrogens with zero attached hydrogens (tertiary/aromatic N) is 2. The molecule has 0 aliphatic rings. The fourth-order valence-corrected chi connectivity index (χ4v) is 3.44. The summed E-state index contributed by atoms with van der Waals surface area (Å²) in [5.74, 6) is -0.853. The summed E-state index contributed by atoms with van der Waals surface area (Å²) in [5, 5.41) is 0. The van der Waals surface area contributed by atoms with Crippen LogP contribution in [-0.2, 0) is 16.1 Å². The number of halogens is 2. The topological polar surface area (TPSA) is 52.8 Å². The maximum atomic E-state index is 13.5. The van der Waals surface area contributed by atoms with Crippen molar-refractivity contribution in [2.45, 2.75) is 6.54 Å². The van der Waals surface area contributed by atoms with Gasteiger partial charge >= 0.3 is 0 Å². The van der Waals surface area contributed by atoms with E-state index < -0.39 is 5.91 Å². The second-order valence-electron chi connectivity index (χ2n) is 5.39. The fraction of sp³-hybridized carbons (Fsp3) is 0.222. The fourth-order valence-electron chi connectivity index (χ4n) is 2.35. The second-order valence-corrected chi connectivity index (χ2v) is 6.40. The van der Waals surface area contributed by atoms with Crippen molar-refractivity contribution < 1.29 is 23.0 Å². The van der Waals surface area contributed by atoms with Crippen LogP contribution < -0.4 is 9.54 Å². The zero-order valence-electron chi connectivity index (χ0n) is 13.9. The van der Waals surface area contributed by atoms with Crippen LogP contribution in [0.2, 0.25) is 0 Å². The van der Waals surface area contributed by atoms with Gasteiger partial charge in [-0.25, -0.2) is 8.78 Å².